The number of rotatable bonds is 8. The van der Waals surface area contributed by atoms with E-state index < -0.39 is 0 Å². The van der Waals surface area contributed by atoms with Crippen LogP contribution in [0.25, 0.3) is 10.9 Å². The number of hydrogen-bond acceptors (Lipinski definition) is 4. The van der Waals surface area contributed by atoms with Gasteiger partial charge in [-0.2, -0.15) is 5.10 Å². The summed E-state index contributed by atoms with van der Waals surface area (Å²) in [5.41, 5.74) is 2.36. The van der Waals surface area contributed by atoms with Crippen LogP contribution in [0.5, 0.6) is 0 Å². The van der Waals surface area contributed by atoms with Crippen LogP contribution in [0.3, 0.4) is 0 Å². The van der Waals surface area contributed by atoms with Crippen molar-refractivity contribution < 1.29 is 4.74 Å². The molecule has 0 saturated carbocycles. The van der Waals surface area contributed by atoms with Gasteiger partial charge in [-0.05, 0) is 11.6 Å². The van der Waals surface area contributed by atoms with Crippen LogP contribution in [0.1, 0.15) is 5.56 Å². The third-order valence-electron chi connectivity index (χ3n) is 2.80. The van der Waals surface area contributed by atoms with Crippen LogP contribution in [0.4, 0.5) is 0 Å². The summed E-state index contributed by atoms with van der Waals surface area (Å²) in [5, 5.41) is 14.8. The van der Waals surface area contributed by atoms with E-state index in [4.69, 9.17) is 4.74 Å². The van der Waals surface area contributed by atoms with Crippen LogP contribution in [0.15, 0.2) is 24.4 Å². The quantitative estimate of drug-likeness (QED) is 0.607. The van der Waals surface area contributed by atoms with Crippen molar-refractivity contribution in [1.29, 1.82) is 0 Å². The van der Waals surface area contributed by atoms with E-state index in [1.807, 2.05) is 6.20 Å². The molecule has 1 heterocycles. The van der Waals surface area contributed by atoms with E-state index in [1.54, 1.807) is 7.11 Å². The molecule has 0 unspecified atom stereocenters. The molecular weight excluding hydrogens is 228 g/mol. The second-order valence-electron chi connectivity index (χ2n) is 4.21. The van der Waals surface area contributed by atoms with Crippen molar-refractivity contribution in [2.24, 2.45) is 0 Å². The van der Waals surface area contributed by atoms with Gasteiger partial charge in [-0.25, -0.2) is 0 Å². The van der Waals surface area contributed by atoms with Crippen LogP contribution in [-0.4, -0.2) is 43.5 Å². The lowest BCUT2D eigenvalue weighted by Crippen LogP contribution is -2.29. The monoisotopic (exact) mass is 248 g/mol. The fourth-order valence-corrected chi connectivity index (χ4v) is 1.80. The zero-order chi connectivity index (χ0) is 12.6. The molecule has 0 aliphatic rings. The van der Waals surface area contributed by atoms with Gasteiger partial charge in [0.1, 0.15) is 0 Å². The number of fused-ring (bicyclic) bond motifs is 1. The topological polar surface area (TPSA) is 62.0 Å². The van der Waals surface area contributed by atoms with Gasteiger partial charge in [0.05, 0.1) is 18.3 Å². The first-order valence-corrected chi connectivity index (χ1v) is 6.22. The Balaban J connectivity index is 1.67. The number of methoxy groups -OCH3 is 1. The van der Waals surface area contributed by atoms with E-state index >= 15 is 0 Å². The highest BCUT2D eigenvalue weighted by Gasteiger charge is 1.97. The Labute approximate surface area is 107 Å². The molecular formula is C13H20N4O. The molecule has 0 spiro atoms. The predicted octanol–water partition coefficient (Wildman–Crippen LogP) is 0.889. The summed E-state index contributed by atoms with van der Waals surface area (Å²) in [4.78, 5) is 0. The summed E-state index contributed by atoms with van der Waals surface area (Å²) in [6.07, 6.45) is 1.84. The molecule has 3 N–H and O–H groups in total. The van der Waals surface area contributed by atoms with E-state index in [1.165, 1.54) is 5.56 Å². The molecule has 0 aliphatic carbocycles. The largest absolute Gasteiger partial charge is 0.383 e. The second kappa shape index (κ2) is 7.10. The summed E-state index contributed by atoms with van der Waals surface area (Å²) in [6.45, 7) is 4.44. The molecule has 0 saturated heterocycles. The summed E-state index contributed by atoms with van der Waals surface area (Å²) in [5.74, 6) is 0. The fourth-order valence-electron chi connectivity index (χ4n) is 1.80. The maximum absolute atomic E-state index is 4.96. The maximum atomic E-state index is 4.96. The normalized spacial score (nSPS) is 11.2. The molecule has 0 aliphatic heterocycles. The van der Waals surface area contributed by atoms with Crippen LogP contribution < -0.4 is 10.6 Å². The Hall–Kier alpha value is -1.43. The third kappa shape index (κ3) is 3.80. The fraction of sp³-hybridized carbons (Fsp3) is 0.462. The van der Waals surface area contributed by atoms with Gasteiger partial charge < -0.3 is 15.4 Å². The van der Waals surface area contributed by atoms with Crippen LogP contribution in [0, 0.1) is 0 Å². The number of hydrogen-bond donors (Lipinski definition) is 3. The smallest absolute Gasteiger partial charge is 0.0653 e. The molecule has 0 amide bonds. The summed E-state index contributed by atoms with van der Waals surface area (Å²) >= 11 is 0. The lowest BCUT2D eigenvalue weighted by atomic mass is 10.2. The van der Waals surface area contributed by atoms with Crippen molar-refractivity contribution in [3.05, 3.63) is 30.0 Å². The van der Waals surface area contributed by atoms with Crippen molar-refractivity contribution in [3.8, 4) is 0 Å². The molecule has 0 radical (unpaired) electrons. The molecule has 1 aromatic carbocycles. The van der Waals surface area contributed by atoms with Crippen LogP contribution in [-0.2, 0) is 11.3 Å². The lowest BCUT2D eigenvalue weighted by Gasteiger charge is -2.06. The zero-order valence-electron chi connectivity index (χ0n) is 10.7. The molecule has 98 valence electrons. The standard InChI is InChI=1S/C13H20N4O/c1-18-7-6-14-4-5-15-9-11-2-3-12-10-16-17-13(12)8-11/h2-3,8,10,14-15H,4-7,9H2,1H3,(H,16,17). The van der Waals surface area contributed by atoms with Crippen molar-refractivity contribution in [2.45, 2.75) is 6.54 Å². The van der Waals surface area contributed by atoms with Gasteiger partial charge >= 0.3 is 0 Å². The highest BCUT2D eigenvalue weighted by Crippen LogP contribution is 2.12. The first-order chi connectivity index (χ1) is 8.90. The minimum atomic E-state index is 0.760. The Morgan fingerprint density at radius 2 is 2.11 bits per heavy atom. The van der Waals surface area contributed by atoms with Crippen molar-refractivity contribution in [2.75, 3.05) is 33.4 Å². The average molecular weight is 248 g/mol. The van der Waals surface area contributed by atoms with E-state index in [0.29, 0.717) is 0 Å². The SMILES string of the molecule is COCCNCCNCc1ccc2cn[nH]c2c1. The Bertz CT molecular complexity index is 469. The number of aromatic amines is 1. The molecule has 1 aromatic heterocycles. The summed E-state index contributed by atoms with van der Waals surface area (Å²) in [7, 11) is 1.71. The van der Waals surface area contributed by atoms with E-state index in [2.05, 4.69) is 39.0 Å². The van der Waals surface area contributed by atoms with Gasteiger partial charge in [0, 0.05) is 38.7 Å². The maximum Gasteiger partial charge on any atom is 0.0653 e. The highest BCUT2D eigenvalue weighted by atomic mass is 16.5. The summed E-state index contributed by atoms with van der Waals surface area (Å²) in [6, 6.07) is 6.35. The molecule has 0 bridgehead atoms. The Morgan fingerprint density at radius 3 is 3.00 bits per heavy atom. The van der Waals surface area contributed by atoms with E-state index in [-0.39, 0.29) is 0 Å². The zero-order valence-corrected chi connectivity index (χ0v) is 10.7. The van der Waals surface area contributed by atoms with Crippen molar-refractivity contribution >= 4 is 10.9 Å². The van der Waals surface area contributed by atoms with E-state index in [9.17, 15) is 0 Å². The van der Waals surface area contributed by atoms with Crippen LogP contribution in [0.2, 0.25) is 0 Å². The number of nitrogens with one attached hydrogen (secondary N) is 3. The van der Waals surface area contributed by atoms with Crippen molar-refractivity contribution in [1.82, 2.24) is 20.8 Å². The van der Waals surface area contributed by atoms with E-state index in [0.717, 1.165) is 43.7 Å². The van der Waals surface area contributed by atoms with Gasteiger partial charge in [-0.15, -0.1) is 0 Å². The van der Waals surface area contributed by atoms with Gasteiger partial charge in [0.15, 0.2) is 0 Å². The van der Waals surface area contributed by atoms with Crippen molar-refractivity contribution in [3.63, 3.8) is 0 Å². The first-order valence-electron chi connectivity index (χ1n) is 6.22. The molecule has 2 aromatic rings. The minimum Gasteiger partial charge on any atom is -0.383 e. The Morgan fingerprint density at radius 1 is 1.22 bits per heavy atom. The lowest BCUT2D eigenvalue weighted by molar-refractivity contribution is 0.199. The minimum absolute atomic E-state index is 0.760. The molecule has 18 heavy (non-hydrogen) atoms. The predicted molar refractivity (Wildman–Crippen MR) is 72.5 cm³/mol. The number of benzene rings is 1. The number of ether oxygens (including phenoxy) is 1. The average Bonchev–Trinajstić information content (AvgIpc) is 2.85. The first kappa shape index (κ1) is 13.0. The highest BCUT2D eigenvalue weighted by molar-refractivity contribution is 5.78. The van der Waals surface area contributed by atoms with Gasteiger partial charge in [-0.3, -0.25) is 5.10 Å². The number of aromatic nitrogens is 2. The van der Waals surface area contributed by atoms with Gasteiger partial charge in [0.25, 0.3) is 0 Å². The number of H-pyrrole nitrogens is 1. The molecule has 0 atom stereocenters. The third-order valence-corrected chi connectivity index (χ3v) is 2.80. The molecule has 2 rings (SSSR count). The van der Waals surface area contributed by atoms with Gasteiger partial charge in [0.2, 0.25) is 0 Å². The summed E-state index contributed by atoms with van der Waals surface area (Å²) < 4.78 is 4.96. The molecule has 5 nitrogen and oxygen atoms in total. The molecule has 5 heteroatoms. The molecule has 0 fully saturated rings. The number of nitrogens with zero attached hydrogens (tertiary/aromatic N) is 1. The second-order valence-corrected chi connectivity index (χ2v) is 4.21. The van der Waals surface area contributed by atoms with Gasteiger partial charge in [-0.1, -0.05) is 12.1 Å². The Kier molecular flexibility index (Phi) is 5.14. The van der Waals surface area contributed by atoms with Crippen LogP contribution >= 0.6 is 0 Å².